The van der Waals surface area contributed by atoms with Gasteiger partial charge in [0, 0.05) is 18.8 Å². The van der Waals surface area contributed by atoms with Crippen molar-refractivity contribution >= 4 is 28.5 Å². The number of alkyl halides is 2. The molecule has 1 saturated heterocycles. The molecule has 138 valence electrons. The van der Waals surface area contributed by atoms with Crippen LogP contribution in [-0.2, 0) is 9.26 Å². The Hall–Kier alpha value is -0.340. The Kier molecular flexibility index (Phi) is 6.65. The molecule has 0 bridgehead atoms. The first-order chi connectivity index (χ1) is 12.0. The molecule has 1 aliphatic heterocycles. The highest BCUT2D eigenvalue weighted by atomic mass is 127. The van der Waals surface area contributed by atoms with Gasteiger partial charge in [0.15, 0.2) is 12.9 Å². The highest BCUT2D eigenvalue weighted by molar-refractivity contribution is 14.2. The van der Waals surface area contributed by atoms with Crippen LogP contribution in [0, 0.1) is 11.8 Å². The number of benzene rings is 1. The summed E-state index contributed by atoms with van der Waals surface area (Å²) >= 11 is 2.12. The van der Waals surface area contributed by atoms with Crippen LogP contribution in [0.1, 0.15) is 12.8 Å². The number of para-hydroxylation sites is 1. The van der Waals surface area contributed by atoms with E-state index in [9.17, 15) is 13.9 Å². The number of aliphatic hydroxyl groups is 1. The quantitative estimate of drug-likeness (QED) is 0.356. The third-order valence-electron chi connectivity index (χ3n) is 4.60. The van der Waals surface area contributed by atoms with Crippen LogP contribution in [0.2, 0.25) is 0 Å². The van der Waals surface area contributed by atoms with Crippen molar-refractivity contribution in [1.82, 2.24) is 0 Å². The summed E-state index contributed by atoms with van der Waals surface area (Å²) in [7, 11) is 0. The lowest BCUT2D eigenvalue weighted by Gasteiger charge is -2.21. The number of rotatable bonds is 7. The van der Waals surface area contributed by atoms with E-state index in [4.69, 9.17) is 14.0 Å². The zero-order chi connectivity index (χ0) is 17.9. The molecule has 4 nitrogen and oxygen atoms in total. The van der Waals surface area contributed by atoms with Gasteiger partial charge in [-0.2, -0.15) is 8.78 Å². The molecule has 1 aliphatic carbocycles. The van der Waals surface area contributed by atoms with Crippen LogP contribution >= 0.6 is 28.5 Å². The number of ether oxygens (including phenoxy) is 2. The second kappa shape index (κ2) is 8.57. The van der Waals surface area contributed by atoms with Crippen molar-refractivity contribution < 1.29 is 27.9 Å². The molecule has 0 radical (unpaired) electrons. The maximum absolute atomic E-state index is 14.2. The van der Waals surface area contributed by atoms with Crippen LogP contribution in [0.25, 0.3) is 0 Å². The molecule has 6 atom stereocenters. The number of aliphatic hydroxyl groups excluding tert-OH is 1. The van der Waals surface area contributed by atoms with Crippen molar-refractivity contribution in [3.63, 3.8) is 0 Å². The van der Waals surface area contributed by atoms with Crippen LogP contribution in [0.3, 0.4) is 0 Å². The summed E-state index contributed by atoms with van der Waals surface area (Å²) in [4.78, 5) is 0. The third-order valence-corrected chi connectivity index (χ3v) is 5.76. The number of fused-ring (bicyclic) bond motifs is 1. The van der Waals surface area contributed by atoms with Crippen molar-refractivity contribution in [2.45, 2.75) is 37.3 Å². The summed E-state index contributed by atoms with van der Waals surface area (Å²) in [6.07, 6.45) is 2.41. The number of halogens is 3. The average Bonchev–Trinajstić information content (AvgIpc) is 3.08. The molecule has 1 aromatic rings. The Labute approximate surface area is 160 Å². The fraction of sp³-hybridized carbons (Fsp3) is 0.529. The van der Waals surface area contributed by atoms with Crippen LogP contribution < -0.4 is 4.74 Å². The Morgan fingerprint density at radius 1 is 1.32 bits per heavy atom. The van der Waals surface area contributed by atoms with E-state index in [1.54, 1.807) is 30.3 Å². The molecular formula is C17H20F2IO4P. The standard InChI is InChI=1S/C17H20F2IO4P/c18-17(19,10-22-11-4-2-1-3-5-11)7-6-12-13-8-16(21)23-14(13)9-15(12)24-25-20/h1-7,12-16,21,25H,8-10H2/b7-6+/t12-,13-,14+,15-,16?/m1/s1. The Balaban J connectivity index is 1.63. The molecule has 8 heteroatoms. The largest absolute Gasteiger partial charge is 0.487 e. The lowest BCUT2D eigenvalue weighted by molar-refractivity contribution is -0.0939. The van der Waals surface area contributed by atoms with Gasteiger partial charge in [-0.1, -0.05) is 24.3 Å². The fourth-order valence-corrected chi connectivity index (χ4v) is 4.83. The van der Waals surface area contributed by atoms with Crippen molar-refractivity contribution in [2.75, 3.05) is 6.61 Å². The highest BCUT2D eigenvalue weighted by Gasteiger charge is 2.49. The molecule has 1 aromatic carbocycles. The van der Waals surface area contributed by atoms with Gasteiger partial charge < -0.3 is 19.1 Å². The van der Waals surface area contributed by atoms with Gasteiger partial charge in [0.1, 0.15) is 5.75 Å². The van der Waals surface area contributed by atoms with Crippen LogP contribution in [0.15, 0.2) is 42.5 Å². The van der Waals surface area contributed by atoms with E-state index < -0.39 is 18.8 Å². The second-order valence-corrected chi connectivity index (χ2v) is 8.01. The van der Waals surface area contributed by atoms with E-state index in [1.165, 1.54) is 6.08 Å². The van der Waals surface area contributed by atoms with E-state index in [-0.39, 0.29) is 30.5 Å². The van der Waals surface area contributed by atoms with Gasteiger partial charge in [-0.05, 0) is 46.2 Å². The molecule has 3 rings (SSSR count). The van der Waals surface area contributed by atoms with Crippen molar-refractivity contribution in [1.29, 1.82) is 0 Å². The predicted octanol–water partition coefficient (Wildman–Crippen LogP) is 4.33. The molecule has 1 saturated carbocycles. The van der Waals surface area contributed by atoms with Crippen LogP contribution in [-0.4, -0.2) is 36.1 Å². The smallest absolute Gasteiger partial charge is 0.299 e. The van der Waals surface area contributed by atoms with Gasteiger partial charge in [-0.15, -0.1) is 0 Å². The van der Waals surface area contributed by atoms with E-state index >= 15 is 0 Å². The maximum Gasteiger partial charge on any atom is 0.299 e. The Morgan fingerprint density at radius 3 is 2.80 bits per heavy atom. The molecule has 1 N–H and O–H groups in total. The van der Waals surface area contributed by atoms with Crippen LogP contribution in [0.4, 0.5) is 8.78 Å². The predicted molar refractivity (Wildman–Crippen MR) is 100 cm³/mol. The third kappa shape index (κ3) is 5.10. The molecular weight excluding hydrogens is 464 g/mol. The van der Waals surface area contributed by atoms with E-state index in [2.05, 4.69) is 22.0 Å². The van der Waals surface area contributed by atoms with Gasteiger partial charge in [0.25, 0.3) is 5.92 Å². The van der Waals surface area contributed by atoms with Gasteiger partial charge in [0.2, 0.25) is 0 Å². The molecule has 0 aromatic heterocycles. The summed E-state index contributed by atoms with van der Waals surface area (Å²) in [5, 5.41) is 9.65. The topological polar surface area (TPSA) is 47.9 Å². The first-order valence-electron chi connectivity index (χ1n) is 8.08. The van der Waals surface area contributed by atoms with Crippen LogP contribution in [0.5, 0.6) is 5.75 Å². The SMILES string of the molecule is OC1C[C@@H]2[C@@H](/C=C/C(F)(F)COc3ccccc3)[C@H](OPI)C[C@@H]2O1. The van der Waals surface area contributed by atoms with Crippen molar-refractivity contribution in [2.24, 2.45) is 11.8 Å². The zero-order valence-corrected chi connectivity index (χ0v) is 16.5. The minimum atomic E-state index is -3.08. The second-order valence-electron chi connectivity index (χ2n) is 6.30. The summed E-state index contributed by atoms with van der Waals surface area (Å²) in [5.41, 5.74) is 0. The Morgan fingerprint density at radius 2 is 2.08 bits per heavy atom. The van der Waals surface area contributed by atoms with Gasteiger partial charge >= 0.3 is 0 Å². The summed E-state index contributed by atoms with van der Waals surface area (Å²) in [5.74, 6) is -2.85. The van der Waals surface area contributed by atoms with Crippen molar-refractivity contribution in [3.05, 3.63) is 42.5 Å². The van der Waals surface area contributed by atoms with Gasteiger partial charge in [0.05, 0.1) is 18.7 Å². The van der Waals surface area contributed by atoms with Crippen molar-refractivity contribution in [3.8, 4) is 5.75 Å². The molecule has 2 unspecified atom stereocenters. The molecule has 0 spiro atoms. The van der Waals surface area contributed by atoms with E-state index in [0.717, 1.165) is 6.08 Å². The average molecular weight is 484 g/mol. The molecule has 25 heavy (non-hydrogen) atoms. The zero-order valence-electron chi connectivity index (χ0n) is 13.4. The first-order valence-corrected chi connectivity index (χ1v) is 12.1. The van der Waals surface area contributed by atoms with Gasteiger partial charge in [-0.3, -0.25) is 0 Å². The summed E-state index contributed by atoms with van der Waals surface area (Å²) in [6, 6.07) is 8.56. The molecule has 2 fully saturated rings. The molecule has 2 aliphatic rings. The van der Waals surface area contributed by atoms with Gasteiger partial charge in [-0.25, -0.2) is 0 Å². The lowest BCUT2D eigenvalue weighted by Crippen LogP contribution is -2.25. The normalized spacial score (nSPS) is 32.7. The number of hydrogen-bond acceptors (Lipinski definition) is 4. The minimum Gasteiger partial charge on any atom is -0.487 e. The molecule has 1 heterocycles. The van der Waals surface area contributed by atoms with E-state index in [0.29, 0.717) is 18.6 Å². The number of hydrogen-bond donors (Lipinski definition) is 1. The summed E-state index contributed by atoms with van der Waals surface area (Å²) < 4.78 is 44.7. The lowest BCUT2D eigenvalue weighted by atomic mass is 9.91. The Bertz CT molecular complexity index is 589. The monoisotopic (exact) mass is 484 g/mol. The fourth-order valence-electron chi connectivity index (χ4n) is 3.49. The minimum absolute atomic E-state index is 0.00911. The summed E-state index contributed by atoms with van der Waals surface area (Å²) in [6.45, 7) is -0.460. The van der Waals surface area contributed by atoms with E-state index in [1.807, 2.05) is 0 Å². The molecule has 0 amide bonds. The highest BCUT2D eigenvalue weighted by Crippen LogP contribution is 2.47. The maximum atomic E-state index is 14.2. The first kappa shape index (κ1) is 19.4.